The minimum atomic E-state index is -0.499. The van der Waals surface area contributed by atoms with Crippen LogP contribution in [-0.2, 0) is 20.7 Å². The van der Waals surface area contributed by atoms with Gasteiger partial charge in [0.25, 0.3) is 0 Å². The molecule has 0 atom stereocenters. The van der Waals surface area contributed by atoms with Crippen molar-refractivity contribution in [3.8, 4) is 5.75 Å². The molecule has 23 heavy (non-hydrogen) atoms. The molecule has 0 spiro atoms. The van der Waals surface area contributed by atoms with E-state index in [9.17, 15) is 9.59 Å². The number of amides is 1. The predicted octanol–water partition coefficient (Wildman–Crippen LogP) is 2.70. The predicted molar refractivity (Wildman–Crippen MR) is 86.5 cm³/mol. The standard InChI is InChI=1S/C17H25NO5/c1-17(2,3)23-16(20)18-9-6-10-22-14-8-5-7-13(11-14)12-15(19)21-4/h5,7-8,11H,6,9-10,12H2,1-4H3,(H,18,20). The van der Waals surface area contributed by atoms with Gasteiger partial charge in [0.2, 0.25) is 0 Å². The van der Waals surface area contributed by atoms with Gasteiger partial charge in [-0.15, -0.1) is 0 Å². The molecule has 6 heteroatoms. The minimum absolute atomic E-state index is 0.216. The Morgan fingerprint density at radius 1 is 1.22 bits per heavy atom. The molecule has 0 bridgehead atoms. The SMILES string of the molecule is COC(=O)Cc1cccc(OCCCNC(=O)OC(C)(C)C)c1. The van der Waals surface area contributed by atoms with Crippen molar-refractivity contribution >= 4 is 12.1 Å². The molecule has 1 aromatic carbocycles. The molecular formula is C17H25NO5. The summed E-state index contributed by atoms with van der Waals surface area (Å²) in [7, 11) is 1.36. The fraction of sp³-hybridized carbons (Fsp3) is 0.529. The Morgan fingerprint density at radius 2 is 1.96 bits per heavy atom. The van der Waals surface area contributed by atoms with Gasteiger partial charge in [0.1, 0.15) is 11.4 Å². The molecular weight excluding hydrogens is 298 g/mol. The normalized spacial score (nSPS) is 10.8. The van der Waals surface area contributed by atoms with E-state index in [0.29, 0.717) is 25.3 Å². The van der Waals surface area contributed by atoms with Crippen LogP contribution in [0.15, 0.2) is 24.3 Å². The van der Waals surface area contributed by atoms with Crippen molar-refractivity contribution in [1.29, 1.82) is 0 Å². The number of alkyl carbamates (subject to hydrolysis) is 1. The lowest BCUT2D eigenvalue weighted by atomic mass is 10.1. The summed E-state index contributed by atoms with van der Waals surface area (Å²) in [6.07, 6.45) is 0.437. The van der Waals surface area contributed by atoms with Gasteiger partial charge in [-0.1, -0.05) is 12.1 Å². The number of rotatable bonds is 7. The van der Waals surface area contributed by atoms with Crippen molar-refractivity contribution in [3.63, 3.8) is 0 Å². The molecule has 0 saturated carbocycles. The largest absolute Gasteiger partial charge is 0.494 e. The van der Waals surface area contributed by atoms with Gasteiger partial charge in [-0.3, -0.25) is 4.79 Å². The van der Waals surface area contributed by atoms with Crippen molar-refractivity contribution < 1.29 is 23.8 Å². The van der Waals surface area contributed by atoms with E-state index in [1.165, 1.54) is 7.11 Å². The van der Waals surface area contributed by atoms with Crippen LogP contribution in [-0.4, -0.2) is 37.9 Å². The summed E-state index contributed by atoms with van der Waals surface area (Å²) in [5, 5.41) is 2.67. The monoisotopic (exact) mass is 323 g/mol. The smallest absolute Gasteiger partial charge is 0.407 e. The van der Waals surface area contributed by atoms with Crippen molar-refractivity contribution in [3.05, 3.63) is 29.8 Å². The van der Waals surface area contributed by atoms with Crippen LogP contribution in [0.4, 0.5) is 4.79 Å². The molecule has 0 radical (unpaired) electrons. The van der Waals surface area contributed by atoms with E-state index in [-0.39, 0.29) is 12.4 Å². The van der Waals surface area contributed by atoms with Crippen LogP contribution in [0.25, 0.3) is 0 Å². The van der Waals surface area contributed by atoms with E-state index in [4.69, 9.17) is 9.47 Å². The Morgan fingerprint density at radius 3 is 2.61 bits per heavy atom. The number of benzene rings is 1. The first-order chi connectivity index (χ1) is 10.8. The molecule has 0 aromatic heterocycles. The Labute approximate surface area is 137 Å². The lowest BCUT2D eigenvalue weighted by Crippen LogP contribution is -2.33. The third kappa shape index (κ3) is 8.70. The van der Waals surface area contributed by atoms with Crippen LogP contribution in [0.5, 0.6) is 5.75 Å². The van der Waals surface area contributed by atoms with E-state index < -0.39 is 11.7 Å². The summed E-state index contributed by atoms with van der Waals surface area (Å²) in [6, 6.07) is 7.29. The molecule has 1 N–H and O–H groups in total. The molecule has 6 nitrogen and oxygen atoms in total. The van der Waals surface area contributed by atoms with Gasteiger partial charge < -0.3 is 19.5 Å². The van der Waals surface area contributed by atoms with Crippen molar-refractivity contribution in [2.45, 2.75) is 39.2 Å². The van der Waals surface area contributed by atoms with Gasteiger partial charge in [0, 0.05) is 6.54 Å². The molecule has 1 aromatic rings. The second kappa shape index (κ2) is 9.02. The Kier molecular flexibility index (Phi) is 7.38. The van der Waals surface area contributed by atoms with Crippen LogP contribution in [0.3, 0.4) is 0 Å². The Balaban J connectivity index is 2.27. The lowest BCUT2D eigenvalue weighted by molar-refractivity contribution is -0.139. The van der Waals surface area contributed by atoms with Crippen LogP contribution in [0.2, 0.25) is 0 Å². The van der Waals surface area contributed by atoms with E-state index in [2.05, 4.69) is 10.1 Å². The molecule has 0 aliphatic rings. The van der Waals surface area contributed by atoms with Crippen LogP contribution >= 0.6 is 0 Å². The summed E-state index contributed by atoms with van der Waals surface area (Å²) >= 11 is 0. The zero-order valence-electron chi connectivity index (χ0n) is 14.2. The van der Waals surface area contributed by atoms with Gasteiger partial charge in [-0.25, -0.2) is 4.79 Å². The van der Waals surface area contributed by atoms with Crippen LogP contribution in [0.1, 0.15) is 32.8 Å². The topological polar surface area (TPSA) is 73.9 Å². The number of esters is 1. The highest BCUT2D eigenvalue weighted by molar-refractivity contribution is 5.72. The maximum atomic E-state index is 11.4. The highest BCUT2D eigenvalue weighted by atomic mass is 16.6. The number of carbonyl (C=O) groups excluding carboxylic acids is 2. The summed E-state index contributed by atoms with van der Waals surface area (Å²) in [4.78, 5) is 22.7. The highest BCUT2D eigenvalue weighted by Crippen LogP contribution is 2.14. The van der Waals surface area contributed by atoms with E-state index >= 15 is 0 Å². The average Bonchev–Trinajstić information content (AvgIpc) is 2.45. The third-order valence-corrected chi connectivity index (χ3v) is 2.73. The van der Waals surface area contributed by atoms with Gasteiger partial charge in [-0.2, -0.15) is 0 Å². The molecule has 128 valence electrons. The van der Waals surface area contributed by atoms with Crippen molar-refractivity contribution in [2.24, 2.45) is 0 Å². The molecule has 0 unspecified atom stereocenters. The highest BCUT2D eigenvalue weighted by Gasteiger charge is 2.15. The molecule has 1 rings (SSSR count). The zero-order chi connectivity index (χ0) is 17.3. The average molecular weight is 323 g/mol. The quantitative estimate of drug-likeness (QED) is 0.617. The van der Waals surface area contributed by atoms with Crippen LogP contribution in [0, 0.1) is 0 Å². The number of hydrogen-bond acceptors (Lipinski definition) is 5. The number of hydrogen-bond donors (Lipinski definition) is 1. The van der Waals surface area contributed by atoms with Gasteiger partial charge in [-0.05, 0) is 44.9 Å². The maximum Gasteiger partial charge on any atom is 0.407 e. The molecule has 1 amide bonds. The first-order valence-corrected chi connectivity index (χ1v) is 7.55. The lowest BCUT2D eigenvalue weighted by Gasteiger charge is -2.19. The van der Waals surface area contributed by atoms with Gasteiger partial charge in [0.15, 0.2) is 0 Å². The Hall–Kier alpha value is -2.24. The second-order valence-electron chi connectivity index (χ2n) is 6.03. The first-order valence-electron chi connectivity index (χ1n) is 7.55. The number of nitrogens with one attached hydrogen (secondary N) is 1. The molecule has 0 aliphatic heterocycles. The van der Waals surface area contributed by atoms with E-state index in [1.54, 1.807) is 6.07 Å². The van der Waals surface area contributed by atoms with Gasteiger partial charge >= 0.3 is 12.1 Å². The fourth-order valence-corrected chi connectivity index (χ4v) is 1.75. The summed E-state index contributed by atoms with van der Waals surface area (Å²) in [6.45, 7) is 6.37. The maximum absolute atomic E-state index is 11.4. The molecule has 0 heterocycles. The van der Waals surface area contributed by atoms with E-state index in [1.807, 2.05) is 39.0 Å². The number of carbonyl (C=O) groups is 2. The van der Waals surface area contributed by atoms with Crippen molar-refractivity contribution in [2.75, 3.05) is 20.3 Å². The van der Waals surface area contributed by atoms with E-state index in [0.717, 1.165) is 5.56 Å². The summed E-state index contributed by atoms with van der Waals surface area (Å²) in [5.74, 6) is 0.396. The Bertz CT molecular complexity index is 522. The number of methoxy groups -OCH3 is 1. The summed E-state index contributed by atoms with van der Waals surface area (Å²) < 4.78 is 15.4. The zero-order valence-corrected chi connectivity index (χ0v) is 14.2. The molecule has 0 saturated heterocycles. The first kappa shape index (κ1) is 18.8. The molecule has 0 aliphatic carbocycles. The second-order valence-corrected chi connectivity index (χ2v) is 6.03. The van der Waals surface area contributed by atoms with Crippen molar-refractivity contribution in [1.82, 2.24) is 5.32 Å². The number of ether oxygens (including phenoxy) is 3. The van der Waals surface area contributed by atoms with Gasteiger partial charge in [0.05, 0.1) is 20.1 Å². The molecule has 0 fully saturated rings. The third-order valence-electron chi connectivity index (χ3n) is 2.73. The fourth-order valence-electron chi connectivity index (χ4n) is 1.75. The van der Waals surface area contributed by atoms with Crippen LogP contribution < -0.4 is 10.1 Å². The summed E-state index contributed by atoms with van der Waals surface area (Å²) in [5.41, 5.74) is 0.335. The minimum Gasteiger partial charge on any atom is -0.494 e.